The van der Waals surface area contributed by atoms with Gasteiger partial charge < -0.3 is 10.1 Å². The summed E-state index contributed by atoms with van der Waals surface area (Å²) in [6.45, 7) is 2.02. The first-order valence-corrected chi connectivity index (χ1v) is 5.86. The van der Waals surface area contributed by atoms with E-state index in [0.717, 1.165) is 27.2 Å². The molecular weight excluding hydrogens is 220 g/mol. The molecule has 3 rings (SSSR count). The molecule has 0 aliphatic heterocycles. The Morgan fingerprint density at radius 2 is 2.12 bits per heavy atom. The van der Waals surface area contributed by atoms with E-state index < -0.39 is 0 Å². The van der Waals surface area contributed by atoms with Gasteiger partial charge in [-0.25, -0.2) is 4.98 Å². The Balaban J connectivity index is 2.34. The maximum atomic E-state index is 9.30. The van der Waals surface area contributed by atoms with Crippen LogP contribution >= 0.6 is 11.3 Å². The number of aryl methyl sites for hydroxylation is 1. The number of nitrogens with zero attached hydrogens (tertiary/aromatic N) is 1. The van der Waals surface area contributed by atoms with Gasteiger partial charge in [0.05, 0.1) is 5.38 Å². The lowest BCUT2D eigenvalue weighted by Gasteiger charge is -1.95. The predicted molar refractivity (Wildman–Crippen MR) is 65.8 cm³/mol. The summed E-state index contributed by atoms with van der Waals surface area (Å²) in [6, 6.07) is 8.11. The van der Waals surface area contributed by atoms with Gasteiger partial charge >= 0.3 is 0 Å². The summed E-state index contributed by atoms with van der Waals surface area (Å²) in [4.78, 5) is 7.44. The molecule has 3 aromatic rings. The molecule has 0 aliphatic rings. The van der Waals surface area contributed by atoms with Crippen LogP contribution in [-0.4, -0.2) is 15.1 Å². The molecule has 0 bridgehead atoms. The summed E-state index contributed by atoms with van der Waals surface area (Å²) in [6.07, 6.45) is 0. The normalized spacial score (nSPS) is 11.1. The van der Waals surface area contributed by atoms with Crippen LogP contribution in [0.1, 0.15) is 5.69 Å². The van der Waals surface area contributed by atoms with Crippen molar-refractivity contribution < 1.29 is 5.11 Å². The van der Waals surface area contributed by atoms with Crippen LogP contribution in [0.4, 0.5) is 0 Å². The maximum Gasteiger partial charge on any atom is 0.222 e. The van der Waals surface area contributed by atoms with E-state index in [1.54, 1.807) is 5.38 Å². The van der Waals surface area contributed by atoms with Crippen LogP contribution in [0.15, 0.2) is 29.6 Å². The number of benzene rings is 1. The van der Waals surface area contributed by atoms with Crippen LogP contribution in [0.25, 0.3) is 21.5 Å². The molecule has 80 valence electrons. The Hall–Kier alpha value is -1.81. The molecule has 0 aliphatic carbocycles. The number of nitrogens with one attached hydrogen (secondary N) is 1. The third kappa shape index (κ3) is 1.31. The van der Waals surface area contributed by atoms with Crippen molar-refractivity contribution in [3.8, 4) is 16.5 Å². The first kappa shape index (κ1) is 9.42. The lowest BCUT2D eigenvalue weighted by atomic mass is 10.1. The SMILES string of the molecule is Cc1[nH]c2ccccc2c1-c1nc(O)cs1. The zero-order valence-corrected chi connectivity index (χ0v) is 9.51. The number of rotatable bonds is 1. The van der Waals surface area contributed by atoms with Gasteiger partial charge in [-0.3, -0.25) is 0 Å². The number of aromatic amines is 1. The van der Waals surface area contributed by atoms with Crippen molar-refractivity contribution in [3.63, 3.8) is 0 Å². The second-order valence-corrected chi connectivity index (χ2v) is 4.54. The van der Waals surface area contributed by atoms with Gasteiger partial charge in [0.15, 0.2) is 0 Å². The lowest BCUT2D eigenvalue weighted by molar-refractivity contribution is 0.458. The Morgan fingerprint density at radius 3 is 2.88 bits per heavy atom. The van der Waals surface area contributed by atoms with Crippen LogP contribution in [0.2, 0.25) is 0 Å². The van der Waals surface area contributed by atoms with E-state index in [1.165, 1.54) is 11.3 Å². The molecule has 0 saturated heterocycles. The molecule has 0 atom stereocenters. The van der Waals surface area contributed by atoms with Crippen molar-refractivity contribution in [2.45, 2.75) is 6.92 Å². The minimum atomic E-state index is 0.0877. The predicted octanol–water partition coefficient (Wildman–Crippen LogP) is 3.31. The fraction of sp³-hybridized carbons (Fsp3) is 0.0833. The summed E-state index contributed by atoms with van der Waals surface area (Å²) >= 11 is 1.46. The third-order valence-corrected chi connectivity index (χ3v) is 3.45. The Morgan fingerprint density at radius 1 is 1.31 bits per heavy atom. The molecule has 0 spiro atoms. The van der Waals surface area contributed by atoms with E-state index in [4.69, 9.17) is 0 Å². The van der Waals surface area contributed by atoms with Crippen LogP contribution in [0.3, 0.4) is 0 Å². The van der Waals surface area contributed by atoms with Crippen molar-refractivity contribution >= 4 is 22.2 Å². The third-order valence-electron chi connectivity index (χ3n) is 2.60. The largest absolute Gasteiger partial charge is 0.493 e. The second kappa shape index (κ2) is 3.35. The number of aromatic nitrogens is 2. The van der Waals surface area contributed by atoms with Crippen molar-refractivity contribution in [2.75, 3.05) is 0 Å². The highest BCUT2D eigenvalue weighted by Crippen LogP contribution is 2.34. The Labute approximate surface area is 96.4 Å². The molecule has 16 heavy (non-hydrogen) atoms. The van der Waals surface area contributed by atoms with Crippen LogP contribution in [-0.2, 0) is 0 Å². The van der Waals surface area contributed by atoms with Crippen molar-refractivity contribution in [3.05, 3.63) is 35.3 Å². The van der Waals surface area contributed by atoms with E-state index in [2.05, 4.69) is 16.0 Å². The summed E-state index contributed by atoms with van der Waals surface area (Å²) in [5.41, 5.74) is 3.26. The second-order valence-electron chi connectivity index (χ2n) is 3.68. The van der Waals surface area contributed by atoms with Gasteiger partial charge in [0.1, 0.15) is 5.01 Å². The number of fused-ring (bicyclic) bond motifs is 1. The highest BCUT2D eigenvalue weighted by Gasteiger charge is 2.13. The first-order valence-electron chi connectivity index (χ1n) is 4.98. The van der Waals surface area contributed by atoms with Crippen molar-refractivity contribution in [1.29, 1.82) is 0 Å². The van der Waals surface area contributed by atoms with Gasteiger partial charge in [0.2, 0.25) is 5.88 Å². The fourth-order valence-electron chi connectivity index (χ4n) is 1.93. The molecular formula is C12H10N2OS. The molecule has 1 aromatic carbocycles. The monoisotopic (exact) mass is 230 g/mol. The van der Waals surface area contributed by atoms with Gasteiger partial charge in [-0.15, -0.1) is 11.3 Å². The molecule has 0 unspecified atom stereocenters. The zero-order chi connectivity index (χ0) is 11.1. The molecule has 0 fully saturated rings. The highest BCUT2D eigenvalue weighted by atomic mass is 32.1. The van der Waals surface area contributed by atoms with E-state index in [1.807, 2.05) is 25.1 Å². The Kier molecular flexibility index (Phi) is 1.97. The highest BCUT2D eigenvalue weighted by molar-refractivity contribution is 7.13. The number of thiazole rings is 1. The van der Waals surface area contributed by atoms with Crippen LogP contribution in [0.5, 0.6) is 5.88 Å². The van der Waals surface area contributed by atoms with Crippen molar-refractivity contribution in [1.82, 2.24) is 9.97 Å². The van der Waals surface area contributed by atoms with Gasteiger partial charge in [-0.2, -0.15) is 0 Å². The number of aromatic hydroxyl groups is 1. The molecule has 0 radical (unpaired) electrons. The smallest absolute Gasteiger partial charge is 0.222 e. The van der Waals surface area contributed by atoms with Crippen LogP contribution < -0.4 is 0 Å². The topological polar surface area (TPSA) is 48.9 Å². The van der Waals surface area contributed by atoms with E-state index in [-0.39, 0.29) is 5.88 Å². The minimum absolute atomic E-state index is 0.0877. The molecule has 2 aromatic heterocycles. The standard InChI is InChI=1S/C12H10N2OS/c1-7-11(12-14-10(15)6-16-12)8-4-2-3-5-9(8)13-7/h2-6,13,15H,1H3. The molecule has 4 heteroatoms. The van der Waals surface area contributed by atoms with Gasteiger partial charge in [0, 0.05) is 22.2 Å². The van der Waals surface area contributed by atoms with Gasteiger partial charge in [-0.1, -0.05) is 18.2 Å². The van der Waals surface area contributed by atoms with Crippen LogP contribution in [0, 0.1) is 6.92 Å². The average Bonchev–Trinajstić information content (AvgIpc) is 2.80. The number of hydrogen-bond donors (Lipinski definition) is 2. The molecule has 3 nitrogen and oxygen atoms in total. The lowest BCUT2D eigenvalue weighted by Crippen LogP contribution is -1.77. The summed E-state index contributed by atoms with van der Waals surface area (Å²) in [5, 5.41) is 13.0. The van der Waals surface area contributed by atoms with E-state index in [9.17, 15) is 5.11 Å². The molecule has 2 N–H and O–H groups in total. The summed E-state index contributed by atoms with van der Waals surface area (Å²) in [7, 11) is 0. The number of hydrogen-bond acceptors (Lipinski definition) is 3. The zero-order valence-electron chi connectivity index (χ0n) is 8.69. The maximum absolute atomic E-state index is 9.30. The molecule has 0 saturated carbocycles. The minimum Gasteiger partial charge on any atom is -0.493 e. The summed E-state index contributed by atoms with van der Waals surface area (Å²) < 4.78 is 0. The summed E-state index contributed by atoms with van der Waals surface area (Å²) in [5.74, 6) is 0.0877. The van der Waals surface area contributed by atoms with E-state index in [0.29, 0.717) is 0 Å². The van der Waals surface area contributed by atoms with Gasteiger partial charge in [-0.05, 0) is 13.0 Å². The fourth-order valence-corrected chi connectivity index (χ4v) is 2.73. The quantitative estimate of drug-likeness (QED) is 0.673. The average molecular weight is 230 g/mol. The molecule has 2 heterocycles. The number of para-hydroxylation sites is 1. The van der Waals surface area contributed by atoms with E-state index >= 15 is 0 Å². The molecule has 0 amide bonds. The van der Waals surface area contributed by atoms with Gasteiger partial charge in [0.25, 0.3) is 0 Å². The number of H-pyrrole nitrogens is 1. The first-order chi connectivity index (χ1) is 7.75. The Bertz CT molecular complexity index is 654. The van der Waals surface area contributed by atoms with Crippen molar-refractivity contribution in [2.24, 2.45) is 0 Å².